The maximum absolute atomic E-state index is 5.76. The average molecular weight is 476 g/mol. The fourth-order valence-corrected chi connectivity index (χ4v) is 3.73. The summed E-state index contributed by atoms with van der Waals surface area (Å²) in [6.07, 6.45) is 14.2. The van der Waals surface area contributed by atoms with Gasteiger partial charge in [0.2, 0.25) is 11.9 Å². The van der Waals surface area contributed by atoms with Crippen LogP contribution >= 0.6 is 0 Å². The minimum Gasteiger partial charge on any atom is -0.340 e. The fourth-order valence-electron chi connectivity index (χ4n) is 3.73. The van der Waals surface area contributed by atoms with E-state index in [-0.39, 0.29) is 5.95 Å². The highest BCUT2D eigenvalue weighted by Gasteiger charge is 2.13. The van der Waals surface area contributed by atoms with Crippen molar-refractivity contribution in [2.75, 3.05) is 36.9 Å². The van der Waals surface area contributed by atoms with Crippen LogP contribution in [0.15, 0.2) is 59.6 Å². The third-order valence-electron chi connectivity index (χ3n) is 5.77. The van der Waals surface area contributed by atoms with Crippen molar-refractivity contribution in [3.8, 4) is 0 Å². The molecule has 0 spiro atoms. The Bertz CT molecular complexity index is 1090. The smallest absolute Gasteiger partial charge is 0.258 e. The van der Waals surface area contributed by atoms with E-state index in [4.69, 9.17) is 5.84 Å². The van der Waals surface area contributed by atoms with E-state index in [2.05, 4.69) is 92.0 Å². The zero-order valence-corrected chi connectivity index (χ0v) is 21.1. The van der Waals surface area contributed by atoms with Crippen LogP contribution in [0.25, 0.3) is 0 Å². The number of nitrogens with two attached hydrogens (primary N) is 1. The van der Waals surface area contributed by atoms with E-state index in [1.54, 1.807) is 0 Å². The number of rotatable bonds is 11. The summed E-state index contributed by atoms with van der Waals surface area (Å²) in [5, 5.41) is 6.50. The van der Waals surface area contributed by atoms with Crippen LogP contribution in [-0.4, -0.2) is 47.5 Å². The van der Waals surface area contributed by atoms with Gasteiger partial charge in [0.25, 0.3) is 5.95 Å². The van der Waals surface area contributed by atoms with Crippen LogP contribution in [0.1, 0.15) is 31.4 Å². The highest BCUT2D eigenvalue weighted by Crippen LogP contribution is 2.22. The maximum Gasteiger partial charge on any atom is 0.258 e. The number of hydrogen-bond donors (Lipinski definition) is 4. The Morgan fingerprint density at radius 2 is 2.09 bits per heavy atom. The normalized spacial score (nSPS) is 15.6. The van der Waals surface area contributed by atoms with Crippen molar-refractivity contribution in [1.82, 2.24) is 25.7 Å². The summed E-state index contributed by atoms with van der Waals surface area (Å²) in [4.78, 5) is 20.5. The molecular formula is C26H37N9. The lowest BCUT2D eigenvalue weighted by molar-refractivity contribution is 0.718. The molecule has 1 aromatic carbocycles. The number of aryl methyl sites for hydroxylation is 2. The molecule has 1 heterocycles. The van der Waals surface area contributed by atoms with E-state index in [0.29, 0.717) is 23.7 Å². The Morgan fingerprint density at radius 1 is 1.23 bits per heavy atom. The molecule has 1 aromatic heterocycles. The summed E-state index contributed by atoms with van der Waals surface area (Å²) in [5.74, 6) is 7.80. The number of hydrogen-bond acceptors (Lipinski definition) is 8. The van der Waals surface area contributed by atoms with Gasteiger partial charge in [0, 0.05) is 25.3 Å². The maximum atomic E-state index is 5.76. The molecule has 0 saturated carbocycles. The SMILES string of the molecule is CCc1ccc(Nc2nc(/N=C(\C=C\C3C=CC=CC3)NN)nc(N(CC)CCNC)n2)cc1C. The van der Waals surface area contributed by atoms with Gasteiger partial charge in [-0.1, -0.05) is 43.4 Å². The second-order valence-electron chi connectivity index (χ2n) is 8.28. The molecule has 1 unspecified atom stereocenters. The summed E-state index contributed by atoms with van der Waals surface area (Å²) in [6, 6.07) is 6.27. The average Bonchev–Trinajstić information content (AvgIpc) is 2.87. The molecule has 35 heavy (non-hydrogen) atoms. The van der Waals surface area contributed by atoms with Crippen molar-refractivity contribution in [2.45, 2.75) is 33.6 Å². The van der Waals surface area contributed by atoms with Gasteiger partial charge in [-0.15, -0.1) is 0 Å². The van der Waals surface area contributed by atoms with Gasteiger partial charge in [0.1, 0.15) is 5.84 Å². The van der Waals surface area contributed by atoms with Crippen molar-refractivity contribution in [2.24, 2.45) is 16.8 Å². The number of hydrazine groups is 1. The summed E-state index contributed by atoms with van der Waals surface area (Å²) in [7, 11) is 1.93. The highest BCUT2D eigenvalue weighted by molar-refractivity contribution is 5.93. The van der Waals surface area contributed by atoms with Crippen LogP contribution in [0.2, 0.25) is 0 Å². The van der Waals surface area contributed by atoms with Crippen LogP contribution in [0.4, 0.5) is 23.5 Å². The Hall–Kier alpha value is -3.56. The number of benzene rings is 1. The number of allylic oxidation sites excluding steroid dienone is 5. The van der Waals surface area contributed by atoms with Crippen LogP contribution in [0.3, 0.4) is 0 Å². The molecule has 0 amide bonds. The zero-order chi connectivity index (χ0) is 25.0. The molecular weight excluding hydrogens is 438 g/mol. The van der Waals surface area contributed by atoms with Gasteiger partial charge in [-0.2, -0.15) is 19.9 Å². The first kappa shape index (κ1) is 26.1. The molecule has 1 aliphatic carbocycles. The van der Waals surface area contributed by atoms with Crippen LogP contribution in [0.5, 0.6) is 0 Å². The number of aromatic nitrogens is 3. The van der Waals surface area contributed by atoms with Crippen LogP contribution < -0.4 is 26.8 Å². The van der Waals surface area contributed by atoms with Crippen molar-refractivity contribution < 1.29 is 0 Å². The quantitative estimate of drug-likeness (QED) is 0.168. The van der Waals surface area contributed by atoms with Gasteiger partial charge < -0.3 is 21.0 Å². The molecule has 2 aromatic rings. The van der Waals surface area contributed by atoms with E-state index >= 15 is 0 Å². The van der Waals surface area contributed by atoms with E-state index < -0.39 is 0 Å². The van der Waals surface area contributed by atoms with Crippen molar-refractivity contribution >= 4 is 29.4 Å². The first-order valence-corrected chi connectivity index (χ1v) is 12.1. The summed E-state index contributed by atoms with van der Waals surface area (Å²) in [6.45, 7) is 8.65. The zero-order valence-electron chi connectivity index (χ0n) is 21.1. The van der Waals surface area contributed by atoms with Crippen molar-refractivity contribution in [3.05, 3.63) is 65.8 Å². The van der Waals surface area contributed by atoms with Gasteiger partial charge in [-0.3, -0.25) is 0 Å². The van der Waals surface area contributed by atoms with E-state index in [1.165, 1.54) is 11.1 Å². The van der Waals surface area contributed by atoms with E-state index in [9.17, 15) is 0 Å². The Morgan fingerprint density at radius 3 is 2.74 bits per heavy atom. The molecule has 0 fully saturated rings. The molecule has 0 bridgehead atoms. The minimum atomic E-state index is 0.277. The minimum absolute atomic E-state index is 0.277. The lowest BCUT2D eigenvalue weighted by Gasteiger charge is -2.21. The second kappa shape index (κ2) is 13.4. The lowest BCUT2D eigenvalue weighted by atomic mass is 10.0. The fraction of sp³-hybridized carbons (Fsp3) is 0.385. The Balaban J connectivity index is 1.93. The van der Waals surface area contributed by atoms with Gasteiger partial charge >= 0.3 is 0 Å². The molecule has 3 rings (SSSR count). The van der Waals surface area contributed by atoms with E-state index in [1.807, 2.05) is 31.3 Å². The monoisotopic (exact) mass is 475 g/mol. The number of aliphatic imine (C=N–C) groups is 1. The Kier molecular flexibility index (Phi) is 9.94. The first-order chi connectivity index (χ1) is 17.1. The standard InChI is InChI=1S/C26H37N9/c1-5-21-13-14-22(18-19(21)3)29-24-31-25(33-26(32-24)35(6-2)17-16-28-4)30-23(34-27)15-12-20-10-8-7-9-11-20/h7-10,12-15,18,20,28H,5-6,11,16-17,27H2,1-4H3,(H2,29,30,31,32,33,34)/b15-12+. The van der Waals surface area contributed by atoms with Gasteiger partial charge in [-0.05, 0) is 69.0 Å². The molecule has 1 aliphatic rings. The molecule has 1 atom stereocenters. The number of amidine groups is 1. The molecule has 186 valence electrons. The predicted octanol–water partition coefficient (Wildman–Crippen LogP) is 3.71. The largest absolute Gasteiger partial charge is 0.340 e. The van der Waals surface area contributed by atoms with Gasteiger partial charge in [0.15, 0.2) is 0 Å². The number of nitrogens with one attached hydrogen (secondary N) is 3. The first-order valence-electron chi connectivity index (χ1n) is 12.1. The second-order valence-corrected chi connectivity index (χ2v) is 8.28. The van der Waals surface area contributed by atoms with Crippen LogP contribution in [0, 0.1) is 12.8 Å². The third-order valence-corrected chi connectivity index (χ3v) is 5.77. The molecule has 0 aliphatic heterocycles. The third kappa shape index (κ3) is 7.73. The van der Waals surface area contributed by atoms with E-state index in [0.717, 1.165) is 38.2 Å². The van der Waals surface area contributed by atoms with Crippen molar-refractivity contribution in [3.63, 3.8) is 0 Å². The molecule has 0 saturated heterocycles. The lowest BCUT2D eigenvalue weighted by Crippen LogP contribution is -2.32. The van der Waals surface area contributed by atoms with Gasteiger partial charge in [-0.25, -0.2) is 5.84 Å². The van der Waals surface area contributed by atoms with Gasteiger partial charge in [0.05, 0.1) is 0 Å². The Labute approximate surface area is 208 Å². The molecule has 9 nitrogen and oxygen atoms in total. The number of likely N-dealkylation sites (N-methyl/N-ethyl adjacent to an activating group) is 2. The topological polar surface area (TPSA) is 116 Å². The highest BCUT2D eigenvalue weighted by atomic mass is 15.3. The summed E-state index contributed by atoms with van der Waals surface area (Å²) >= 11 is 0. The van der Waals surface area contributed by atoms with Crippen LogP contribution in [-0.2, 0) is 6.42 Å². The summed E-state index contributed by atoms with van der Waals surface area (Å²) in [5.41, 5.74) is 6.11. The molecule has 5 N–H and O–H groups in total. The molecule has 9 heteroatoms. The predicted molar refractivity (Wildman–Crippen MR) is 145 cm³/mol. The van der Waals surface area contributed by atoms with Crippen molar-refractivity contribution in [1.29, 1.82) is 0 Å². The summed E-state index contributed by atoms with van der Waals surface area (Å²) < 4.78 is 0. The molecule has 0 radical (unpaired) electrons. The number of nitrogens with zero attached hydrogens (tertiary/aromatic N) is 5. The number of anilines is 3.